The third-order valence-corrected chi connectivity index (χ3v) is 2.65. The fourth-order valence-electron chi connectivity index (χ4n) is 1.87. The number of carbonyl (C=O) groups is 2. The number of imide groups is 1. The van der Waals surface area contributed by atoms with E-state index >= 15 is 0 Å². The van der Waals surface area contributed by atoms with Crippen molar-refractivity contribution >= 4 is 17.5 Å². The topological polar surface area (TPSA) is 69.6 Å². The van der Waals surface area contributed by atoms with Crippen LogP contribution >= 0.6 is 0 Å². The molecule has 1 aliphatic rings. The summed E-state index contributed by atoms with van der Waals surface area (Å²) < 4.78 is 13.2. The number of hydrogen-bond acceptors (Lipinski definition) is 4. The zero-order valence-corrected chi connectivity index (χ0v) is 10.3. The Morgan fingerprint density at radius 1 is 1.32 bits per heavy atom. The number of aliphatic hydroxyl groups excluding tert-OH is 1. The SMILES string of the molecule is Cc1cc(F)cc(NC2=CC(=O)N(CCO)C2=O)c1. The minimum atomic E-state index is -0.527. The molecular weight excluding hydrogens is 251 g/mol. The van der Waals surface area contributed by atoms with Gasteiger partial charge in [0, 0.05) is 11.8 Å². The minimum absolute atomic E-state index is 0.0540. The van der Waals surface area contributed by atoms with Crippen molar-refractivity contribution in [2.24, 2.45) is 0 Å². The van der Waals surface area contributed by atoms with Gasteiger partial charge in [-0.25, -0.2) is 4.39 Å². The summed E-state index contributed by atoms with van der Waals surface area (Å²) in [6.45, 7) is 1.38. The van der Waals surface area contributed by atoms with E-state index in [1.165, 1.54) is 12.1 Å². The molecule has 19 heavy (non-hydrogen) atoms. The van der Waals surface area contributed by atoms with Crippen LogP contribution in [0.3, 0.4) is 0 Å². The Bertz CT molecular complexity index is 549. The second kappa shape index (κ2) is 5.19. The van der Waals surface area contributed by atoms with Crippen molar-refractivity contribution in [2.75, 3.05) is 18.5 Å². The molecule has 0 spiro atoms. The van der Waals surface area contributed by atoms with Crippen molar-refractivity contribution in [3.05, 3.63) is 41.4 Å². The van der Waals surface area contributed by atoms with Crippen molar-refractivity contribution < 1.29 is 19.1 Å². The van der Waals surface area contributed by atoms with Gasteiger partial charge in [0.25, 0.3) is 11.8 Å². The van der Waals surface area contributed by atoms with Gasteiger partial charge in [-0.1, -0.05) is 0 Å². The first-order chi connectivity index (χ1) is 9.01. The summed E-state index contributed by atoms with van der Waals surface area (Å²) in [6.07, 6.45) is 1.14. The van der Waals surface area contributed by atoms with Crippen LogP contribution in [0.1, 0.15) is 5.56 Å². The predicted molar refractivity (Wildman–Crippen MR) is 66.6 cm³/mol. The molecule has 0 saturated heterocycles. The molecule has 0 saturated carbocycles. The summed E-state index contributed by atoms with van der Waals surface area (Å²) in [7, 11) is 0. The van der Waals surface area contributed by atoms with E-state index < -0.39 is 17.6 Å². The van der Waals surface area contributed by atoms with Gasteiger partial charge in [0.15, 0.2) is 0 Å². The zero-order chi connectivity index (χ0) is 14.0. The van der Waals surface area contributed by atoms with E-state index in [1.807, 2.05) is 0 Å². The normalized spacial score (nSPS) is 14.9. The molecule has 0 aliphatic carbocycles. The first-order valence-corrected chi connectivity index (χ1v) is 5.74. The molecule has 2 amide bonds. The standard InChI is InChI=1S/C13H13FN2O3/c1-8-4-9(14)6-10(5-8)15-11-7-12(18)16(2-3-17)13(11)19/h4-7,15,17H,2-3H2,1H3. The third-order valence-electron chi connectivity index (χ3n) is 2.65. The second-order valence-corrected chi connectivity index (χ2v) is 4.22. The summed E-state index contributed by atoms with van der Waals surface area (Å²) in [4.78, 5) is 24.3. The highest BCUT2D eigenvalue weighted by atomic mass is 19.1. The van der Waals surface area contributed by atoms with Gasteiger partial charge < -0.3 is 10.4 Å². The maximum Gasteiger partial charge on any atom is 0.277 e. The average Bonchev–Trinajstić information content (AvgIpc) is 2.56. The smallest absolute Gasteiger partial charge is 0.277 e. The van der Waals surface area contributed by atoms with Crippen LogP contribution < -0.4 is 5.32 Å². The number of benzene rings is 1. The monoisotopic (exact) mass is 264 g/mol. The summed E-state index contributed by atoms with van der Waals surface area (Å²) in [5, 5.41) is 11.5. The van der Waals surface area contributed by atoms with E-state index in [-0.39, 0.29) is 18.8 Å². The first kappa shape index (κ1) is 13.2. The molecule has 0 atom stereocenters. The number of rotatable bonds is 4. The van der Waals surface area contributed by atoms with Gasteiger partial charge >= 0.3 is 0 Å². The predicted octanol–water partition coefficient (Wildman–Crippen LogP) is 0.791. The van der Waals surface area contributed by atoms with Crippen LogP contribution in [0, 0.1) is 12.7 Å². The van der Waals surface area contributed by atoms with E-state index in [9.17, 15) is 14.0 Å². The molecule has 0 bridgehead atoms. The summed E-state index contributed by atoms with van der Waals surface area (Å²) in [5.74, 6) is -1.44. The molecule has 1 aliphatic heterocycles. The Hall–Kier alpha value is -2.21. The highest BCUT2D eigenvalue weighted by Crippen LogP contribution is 2.19. The molecular formula is C13H13FN2O3. The lowest BCUT2D eigenvalue weighted by molar-refractivity contribution is -0.137. The number of carbonyl (C=O) groups excluding carboxylic acids is 2. The van der Waals surface area contributed by atoms with Gasteiger partial charge in [0.1, 0.15) is 11.5 Å². The molecule has 1 aromatic carbocycles. The number of nitrogens with zero attached hydrogens (tertiary/aromatic N) is 1. The van der Waals surface area contributed by atoms with Gasteiger partial charge in [-0.2, -0.15) is 0 Å². The van der Waals surface area contributed by atoms with Crippen LogP contribution in [0.4, 0.5) is 10.1 Å². The maximum atomic E-state index is 13.2. The molecule has 0 radical (unpaired) electrons. The van der Waals surface area contributed by atoms with Crippen molar-refractivity contribution in [3.63, 3.8) is 0 Å². The van der Waals surface area contributed by atoms with Gasteiger partial charge in [-0.15, -0.1) is 0 Å². The molecule has 5 nitrogen and oxygen atoms in total. The van der Waals surface area contributed by atoms with E-state index in [0.29, 0.717) is 11.3 Å². The highest BCUT2D eigenvalue weighted by Gasteiger charge is 2.30. The Kier molecular flexibility index (Phi) is 3.62. The third kappa shape index (κ3) is 2.79. The molecule has 0 aromatic heterocycles. The van der Waals surface area contributed by atoms with Crippen LogP contribution in [-0.2, 0) is 9.59 Å². The quantitative estimate of drug-likeness (QED) is 0.789. The van der Waals surface area contributed by atoms with Crippen LogP contribution in [0.15, 0.2) is 30.0 Å². The Morgan fingerprint density at radius 3 is 2.68 bits per heavy atom. The minimum Gasteiger partial charge on any atom is -0.395 e. The van der Waals surface area contributed by atoms with Gasteiger partial charge in [0.05, 0.1) is 13.2 Å². The maximum absolute atomic E-state index is 13.2. The fourth-order valence-corrected chi connectivity index (χ4v) is 1.87. The van der Waals surface area contributed by atoms with Crippen molar-refractivity contribution in [2.45, 2.75) is 6.92 Å². The number of hydrogen-bond donors (Lipinski definition) is 2. The molecule has 1 heterocycles. The summed E-state index contributed by atoms with van der Waals surface area (Å²) in [6, 6.07) is 4.26. The molecule has 0 unspecified atom stereocenters. The average molecular weight is 264 g/mol. The molecule has 2 N–H and O–H groups in total. The number of anilines is 1. The lowest BCUT2D eigenvalue weighted by Gasteiger charge is -2.13. The Morgan fingerprint density at radius 2 is 2.05 bits per heavy atom. The van der Waals surface area contributed by atoms with Crippen LogP contribution in [0.2, 0.25) is 0 Å². The Balaban J connectivity index is 2.18. The molecule has 6 heteroatoms. The van der Waals surface area contributed by atoms with E-state index in [4.69, 9.17) is 5.11 Å². The van der Waals surface area contributed by atoms with Crippen LogP contribution in [0.5, 0.6) is 0 Å². The van der Waals surface area contributed by atoms with Crippen molar-refractivity contribution in [3.8, 4) is 0 Å². The molecule has 0 fully saturated rings. The zero-order valence-electron chi connectivity index (χ0n) is 10.3. The lowest BCUT2D eigenvalue weighted by Crippen LogP contribution is -2.34. The molecule has 1 aromatic rings. The number of amides is 2. The lowest BCUT2D eigenvalue weighted by atomic mass is 10.2. The van der Waals surface area contributed by atoms with E-state index in [1.54, 1.807) is 13.0 Å². The first-order valence-electron chi connectivity index (χ1n) is 5.74. The van der Waals surface area contributed by atoms with E-state index in [2.05, 4.69) is 5.32 Å². The fraction of sp³-hybridized carbons (Fsp3) is 0.231. The van der Waals surface area contributed by atoms with Crippen LogP contribution in [-0.4, -0.2) is 35.0 Å². The number of halogens is 1. The largest absolute Gasteiger partial charge is 0.395 e. The number of aryl methyl sites for hydroxylation is 1. The molecule has 100 valence electrons. The summed E-state index contributed by atoms with van der Waals surface area (Å²) in [5.41, 5.74) is 1.17. The van der Waals surface area contributed by atoms with Gasteiger partial charge in [-0.05, 0) is 30.7 Å². The van der Waals surface area contributed by atoms with Gasteiger partial charge in [-0.3, -0.25) is 14.5 Å². The highest BCUT2D eigenvalue weighted by molar-refractivity contribution is 6.17. The number of nitrogens with one attached hydrogen (secondary N) is 1. The van der Waals surface area contributed by atoms with Crippen molar-refractivity contribution in [1.29, 1.82) is 0 Å². The van der Waals surface area contributed by atoms with Crippen molar-refractivity contribution in [1.82, 2.24) is 4.90 Å². The molecule has 2 rings (SSSR count). The van der Waals surface area contributed by atoms with E-state index in [0.717, 1.165) is 11.0 Å². The number of β-amino-alcohol motifs (C(OH)–C–C–N with tert-alkyl or cyclic N) is 1. The Labute approximate surface area is 109 Å². The number of aliphatic hydroxyl groups is 1. The van der Waals surface area contributed by atoms with Crippen LogP contribution in [0.25, 0.3) is 0 Å². The van der Waals surface area contributed by atoms with Gasteiger partial charge in [0.2, 0.25) is 0 Å². The second-order valence-electron chi connectivity index (χ2n) is 4.22. The summed E-state index contributed by atoms with van der Waals surface area (Å²) >= 11 is 0.